The number of aromatic nitrogens is 2. The van der Waals surface area contributed by atoms with E-state index in [-0.39, 0.29) is 0 Å². The molecule has 4 nitrogen and oxygen atoms in total. The van der Waals surface area contributed by atoms with E-state index in [1.165, 1.54) is 5.56 Å². The summed E-state index contributed by atoms with van der Waals surface area (Å²) in [4.78, 5) is 0. The number of methoxy groups -OCH3 is 1. The normalized spacial score (nSPS) is 12.5. The van der Waals surface area contributed by atoms with Crippen molar-refractivity contribution in [1.82, 2.24) is 15.1 Å². The van der Waals surface area contributed by atoms with Gasteiger partial charge >= 0.3 is 0 Å². The fraction of sp³-hybridized carbons (Fsp3) is 0.400. The Kier molecular flexibility index (Phi) is 5.12. The third-order valence-electron chi connectivity index (χ3n) is 3.00. The molecule has 0 saturated carbocycles. The first-order chi connectivity index (χ1) is 9.31. The quantitative estimate of drug-likeness (QED) is 0.829. The van der Waals surface area contributed by atoms with Gasteiger partial charge in [0.1, 0.15) is 0 Å². The molecule has 2 aromatic rings. The maximum Gasteiger partial charge on any atom is 0.0690 e. The monoisotopic (exact) mass is 259 g/mol. The molecule has 2 rings (SSSR count). The Morgan fingerprint density at radius 1 is 1.32 bits per heavy atom. The molecule has 0 saturated heterocycles. The smallest absolute Gasteiger partial charge is 0.0690 e. The van der Waals surface area contributed by atoms with Gasteiger partial charge < -0.3 is 10.1 Å². The molecule has 0 radical (unpaired) electrons. The van der Waals surface area contributed by atoms with Gasteiger partial charge in [0, 0.05) is 39.2 Å². The minimum absolute atomic E-state index is 0.516. The van der Waals surface area contributed by atoms with Crippen molar-refractivity contribution in [2.45, 2.75) is 13.5 Å². The fourth-order valence-electron chi connectivity index (χ4n) is 2.09. The van der Waals surface area contributed by atoms with Gasteiger partial charge in [-0.1, -0.05) is 25.1 Å². The first kappa shape index (κ1) is 13.8. The molecule has 1 aromatic carbocycles. The molecule has 1 unspecified atom stereocenters. The van der Waals surface area contributed by atoms with E-state index in [0.717, 1.165) is 25.4 Å². The third kappa shape index (κ3) is 3.91. The molecule has 0 aliphatic carbocycles. The number of hydrogen-bond donors (Lipinski definition) is 1. The highest BCUT2D eigenvalue weighted by Crippen LogP contribution is 2.13. The molecule has 0 aliphatic heterocycles. The highest BCUT2D eigenvalue weighted by molar-refractivity contribution is 5.40. The lowest BCUT2D eigenvalue weighted by Gasteiger charge is -2.13. The topological polar surface area (TPSA) is 39.1 Å². The van der Waals surface area contributed by atoms with Crippen LogP contribution >= 0.6 is 0 Å². The van der Waals surface area contributed by atoms with E-state index in [4.69, 9.17) is 4.74 Å². The summed E-state index contributed by atoms with van der Waals surface area (Å²) in [6.07, 6.45) is 3.76. The second kappa shape index (κ2) is 7.07. The molecule has 0 bridgehead atoms. The lowest BCUT2D eigenvalue weighted by atomic mass is 10.1. The van der Waals surface area contributed by atoms with Crippen LogP contribution in [-0.4, -0.2) is 30.0 Å². The molecule has 19 heavy (non-hydrogen) atoms. The Labute approximate surface area is 114 Å². The maximum atomic E-state index is 5.13. The Hall–Kier alpha value is -1.65. The minimum Gasteiger partial charge on any atom is -0.384 e. The summed E-state index contributed by atoms with van der Waals surface area (Å²) in [5.41, 5.74) is 2.37. The number of para-hydroxylation sites is 1. The lowest BCUT2D eigenvalue weighted by Crippen LogP contribution is -2.24. The van der Waals surface area contributed by atoms with Crippen molar-refractivity contribution in [2.24, 2.45) is 5.92 Å². The van der Waals surface area contributed by atoms with E-state index < -0.39 is 0 Å². The molecular weight excluding hydrogens is 238 g/mol. The van der Waals surface area contributed by atoms with Crippen molar-refractivity contribution in [2.75, 3.05) is 20.3 Å². The summed E-state index contributed by atoms with van der Waals surface area (Å²) in [5, 5.41) is 7.76. The summed E-state index contributed by atoms with van der Waals surface area (Å²) in [6.45, 7) is 4.75. The largest absolute Gasteiger partial charge is 0.384 e. The van der Waals surface area contributed by atoms with Gasteiger partial charge in [0.25, 0.3) is 0 Å². The van der Waals surface area contributed by atoms with E-state index in [9.17, 15) is 0 Å². The van der Waals surface area contributed by atoms with Crippen LogP contribution in [0.5, 0.6) is 0 Å². The molecule has 1 aromatic heterocycles. The maximum absolute atomic E-state index is 5.13. The average molecular weight is 259 g/mol. The first-order valence-corrected chi connectivity index (χ1v) is 6.59. The molecule has 1 heterocycles. The van der Waals surface area contributed by atoms with Crippen molar-refractivity contribution >= 4 is 0 Å². The zero-order valence-corrected chi connectivity index (χ0v) is 11.5. The van der Waals surface area contributed by atoms with E-state index in [0.29, 0.717) is 5.92 Å². The molecule has 0 aliphatic rings. The van der Waals surface area contributed by atoms with Crippen molar-refractivity contribution in [3.8, 4) is 5.69 Å². The first-order valence-electron chi connectivity index (χ1n) is 6.59. The van der Waals surface area contributed by atoms with Crippen molar-refractivity contribution in [1.29, 1.82) is 0 Å². The Morgan fingerprint density at radius 3 is 2.89 bits per heavy atom. The SMILES string of the molecule is COCC(C)CNCc1ccccc1-n1cccn1. The van der Waals surface area contributed by atoms with Gasteiger partial charge in [-0.25, -0.2) is 4.68 Å². The Morgan fingerprint density at radius 2 is 2.16 bits per heavy atom. The van der Waals surface area contributed by atoms with Crippen LogP contribution in [0.15, 0.2) is 42.7 Å². The van der Waals surface area contributed by atoms with Gasteiger partial charge in [-0.2, -0.15) is 5.10 Å². The summed E-state index contributed by atoms with van der Waals surface area (Å²) in [7, 11) is 1.74. The average Bonchev–Trinajstić information content (AvgIpc) is 2.93. The van der Waals surface area contributed by atoms with Gasteiger partial charge in [0.15, 0.2) is 0 Å². The predicted octanol–water partition coefficient (Wildman–Crippen LogP) is 2.24. The summed E-state index contributed by atoms with van der Waals surface area (Å²) in [6, 6.07) is 10.2. The van der Waals surface area contributed by atoms with Gasteiger partial charge in [-0.15, -0.1) is 0 Å². The van der Waals surface area contributed by atoms with Crippen molar-refractivity contribution in [3.05, 3.63) is 48.3 Å². The van der Waals surface area contributed by atoms with E-state index in [2.05, 4.69) is 35.5 Å². The van der Waals surface area contributed by atoms with E-state index in [1.54, 1.807) is 13.3 Å². The molecule has 1 N–H and O–H groups in total. The van der Waals surface area contributed by atoms with Crippen LogP contribution in [0.2, 0.25) is 0 Å². The Bertz CT molecular complexity index is 482. The number of hydrogen-bond acceptors (Lipinski definition) is 3. The van der Waals surface area contributed by atoms with Gasteiger partial charge in [0.05, 0.1) is 5.69 Å². The summed E-state index contributed by atoms with van der Waals surface area (Å²) >= 11 is 0. The predicted molar refractivity (Wildman–Crippen MR) is 76.3 cm³/mol. The molecule has 0 spiro atoms. The highest BCUT2D eigenvalue weighted by atomic mass is 16.5. The molecule has 102 valence electrons. The molecule has 0 amide bonds. The second-order valence-corrected chi connectivity index (χ2v) is 4.77. The second-order valence-electron chi connectivity index (χ2n) is 4.77. The van der Waals surface area contributed by atoms with Crippen molar-refractivity contribution < 1.29 is 4.74 Å². The van der Waals surface area contributed by atoms with Crippen LogP contribution in [-0.2, 0) is 11.3 Å². The number of nitrogens with one attached hydrogen (secondary N) is 1. The van der Waals surface area contributed by atoms with Crippen molar-refractivity contribution in [3.63, 3.8) is 0 Å². The van der Waals surface area contributed by atoms with Gasteiger partial charge in [-0.05, 0) is 23.6 Å². The number of nitrogens with zero attached hydrogens (tertiary/aromatic N) is 2. The fourth-order valence-corrected chi connectivity index (χ4v) is 2.09. The zero-order valence-electron chi connectivity index (χ0n) is 11.5. The summed E-state index contributed by atoms with van der Waals surface area (Å²) < 4.78 is 7.03. The van der Waals surface area contributed by atoms with E-state index in [1.807, 2.05) is 23.0 Å². The van der Waals surface area contributed by atoms with Crippen LogP contribution in [0.25, 0.3) is 5.69 Å². The number of ether oxygens (including phenoxy) is 1. The minimum atomic E-state index is 0.516. The van der Waals surface area contributed by atoms with Crippen LogP contribution in [0.3, 0.4) is 0 Å². The third-order valence-corrected chi connectivity index (χ3v) is 3.00. The van der Waals surface area contributed by atoms with Crippen LogP contribution in [0.4, 0.5) is 0 Å². The summed E-state index contributed by atoms with van der Waals surface area (Å²) in [5.74, 6) is 0.516. The number of rotatable bonds is 7. The van der Waals surface area contributed by atoms with Gasteiger partial charge in [0.2, 0.25) is 0 Å². The van der Waals surface area contributed by atoms with Crippen LogP contribution < -0.4 is 5.32 Å². The molecular formula is C15H21N3O. The standard InChI is InChI=1S/C15H21N3O/c1-13(12-19-2)10-16-11-14-6-3-4-7-15(14)18-9-5-8-17-18/h3-9,13,16H,10-12H2,1-2H3. The molecule has 0 fully saturated rings. The number of benzene rings is 1. The van der Waals surface area contributed by atoms with Gasteiger partial charge in [-0.3, -0.25) is 0 Å². The molecule has 4 heteroatoms. The zero-order chi connectivity index (χ0) is 13.5. The molecule has 1 atom stereocenters. The Balaban J connectivity index is 1.97. The van der Waals surface area contributed by atoms with E-state index >= 15 is 0 Å². The van der Waals surface area contributed by atoms with Crippen LogP contribution in [0, 0.1) is 5.92 Å². The van der Waals surface area contributed by atoms with Crippen LogP contribution in [0.1, 0.15) is 12.5 Å². The highest BCUT2D eigenvalue weighted by Gasteiger charge is 2.05. The lowest BCUT2D eigenvalue weighted by molar-refractivity contribution is 0.158.